The van der Waals surface area contributed by atoms with E-state index in [-0.39, 0.29) is 22.5 Å². The number of hydrogen-bond donors (Lipinski definition) is 1. The number of ether oxygens (including phenoxy) is 2. The van der Waals surface area contributed by atoms with Crippen LogP contribution in [-0.4, -0.2) is 51.4 Å². The number of nitrogens with one attached hydrogen (secondary N) is 1. The van der Waals surface area contributed by atoms with Crippen LogP contribution < -0.4 is 9.47 Å². The van der Waals surface area contributed by atoms with Crippen molar-refractivity contribution < 1.29 is 27.4 Å². The minimum absolute atomic E-state index is 0.157. The van der Waals surface area contributed by atoms with Crippen LogP contribution in [0.2, 0.25) is 0 Å². The maximum Gasteiger partial charge on any atom is 0.441 e. The third-order valence-electron chi connectivity index (χ3n) is 6.01. The summed E-state index contributed by atoms with van der Waals surface area (Å²) in [6, 6.07) is 13.2. The lowest BCUT2D eigenvalue weighted by Gasteiger charge is -2.20. The van der Waals surface area contributed by atoms with Gasteiger partial charge in [0.25, 0.3) is 5.91 Å². The molecule has 0 unspecified atom stereocenters. The van der Waals surface area contributed by atoms with Gasteiger partial charge in [0.1, 0.15) is 6.61 Å². The molecule has 200 valence electrons. The van der Waals surface area contributed by atoms with Gasteiger partial charge in [-0.2, -0.15) is 28.3 Å². The largest absolute Gasteiger partial charge is 0.493 e. The molecule has 0 aliphatic carbocycles. The number of hydrazone groups is 1. The number of carbonyl (C=O) groups excluding carboxylic acids is 1. The summed E-state index contributed by atoms with van der Waals surface area (Å²) in [7, 11) is 1.58. The van der Waals surface area contributed by atoms with E-state index in [0.717, 1.165) is 21.5 Å². The van der Waals surface area contributed by atoms with E-state index < -0.39 is 23.0 Å². The summed E-state index contributed by atoms with van der Waals surface area (Å²) in [5, 5.41) is 11.9. The van der Waals surface area contributed by atoms with Crippen LogP contribution in [0.15, 0.2) is 77.0 Å². The van der Waals surface area contributed by atoms with Gasteiger partial charge in [0, 0.05) is 22.7 Å². The number of fused-ring (bicyclic) bond motifs is 2. The molecule has 0 saturated carbocycles. The molecule has 0 fully saturated rings. The molecule has 5 rings (SSSR count). The molecule has 1 N–H and O–H groups in total. The first-order chi connectivity index (χ1) is 18.7. The summed E-state index contributed by atoms with van der Waals surface area (Å²) >= 11 is 0.218. The van der Waals surface area contributed by atoms with Gasteiger partial charge in [-0.3, -0.25) is 10.2 Å². The van der Waals surface area contributed by atoms with Gasteiger partial charge in [-0.1, -0.05) is 30.3 Å². The normalized spacial score (nSPS) is 16.4. The number of rotatable bonds is 8. The molecule has 0 atom stereocenters. The number of halogens is 3. The van der Waals surface area contributed by atoms with Crippen LogP contribution in [0.3, 0.4) is 0 Å². The highest BCUT2D eigenvalue weighted by molar-refractivity contribution is 8.27. The molecule has 3 aromatic rings. The van der Waals surface area contributed by atoms with E-state index in [0.29, 0.717) is 36.6 Å². The first kappa shape index (κ1) is 26.3. The highest BCUT2D eigenvalue weighted by Crippen LogP contribution is 2.36. The van der Waals surface area contributed by atoms with E-state index in [1.165, 1.54) is 6.08 Å². The minimum atomic E-state index is -4.70. The smallest absolute Gasteiger partial charge is 0.441 e. The molecule has 8 nitrogen and oxygen atoms in total. The van der Waals surface area contributed by atoms with E-state index >= 15 is 0 Å². The third kappa shape index (κ3) is 5.19. The maximum atomic E-state index is 13.1. The average Bonchev–Trinajstić information content (AvgIpc) is 3.49. The molecule has 0 bridgehead atoms. The van der Waals surface area contributed by atoms with Gasteiger partial charge in [-0.05, 0) is 48.0 Å². The molecular formula is C27H22F3N5O3S. The summed E-state index contributed by atoms with van der Waals surface area (Å²) in [5.41, 5.74) is 2.36. The molecule has 2 aromatic carbocycles. The Kier molecular flexibility index (Phi) is 7.04. The standard InChI is InChI=1S/C27H22F3N5O3S/c1-3-6-16-9-10-21(22(13-16)37-2)38-12-11-34-15-17(18-7-4-5-8-20(18)34)14-19-23(31)35-26(32-24(19)36)39-25(33-35)27(28,29)30/h3-5,7-10,13-15,31H,1,6,11-12H2,2H3/b19-14+,31-23?. The number of thioether (sulfide) groups is 1. The number of para-hydroxylation sites is 1. The van der Waals surface area contributed by atoms with Crippen molar-refractivity contribution in [2.75, 3.05) is 13.7 Å². The Hall–Kier alpha value is -4.32. The quantitative estimate of drug-likeness (QED) is 0.288. The number of aliphatic imine (C=N–C) groups is 1. The van der Waals surface area contributed by atoms with Crippen molar-refractivity contribution in [3.8, 4) is 11.5 Å². The van der Waals surface area contributed by atoms with Crippen LogP contribution in [0.1, 0.15) is 11.1 Å². The predicted octanol–water partition coefficient (Wildman–Crippen LogP) is 5.64. The van der Waals surface area contributed by atoms with Crippen LogP contribution in [0, 0.1) is 5.41 Å². The van der Waals surface area contributed by atoms with E-state index in [1.54, 1.807) is 13.3 Å². The SMILES string of the molecule is C=CCc1ccc(OCCn2cc(/C=C3\C(=N)N4N=C(C(F)(F)F)SC4=NC3=O)c3ccccc32)c(OC)c1. The predicted molar refractivity (Wildman–Crippen MR) is 145 cm³/mol. The number of aromatic nitrogens is 1. The summed E-state index contributed by atoms with van der Waals surface area (Å²) in [6.45, 7) is 4.52. The van der Waals surface area contributed by atoms with Gasteiger partial charge in [-0.15, -0.1) is 6.58 Å². The lowest BCUT2D eigenvalue weighted by Crippen LogP contribution is -2.35. The van der Waals surface area contributed by atoms with E-state index in [2.05, 4.69) is 16.7 Å². The number of alkyl halides is 3. The number of hydrogen-bond acceptors (Lipinski definition) is 6. The lowest BCUT2D eigenvalue weighted by atomic mass is 10.1. The molecule has 0 saturated heterocycles. The number of amidine groups is 2. The van der Waals surface area contributed by atoms with Gasteiger partial charge >= 0.3 is 6.18 Å². The Morgan fingerprint density at radius 2 is 1.97 bits per heavy atom. The van der Waals surface area contributed by atoms with Crippen molar-refractivity contribution in [2.45, 2.75) is 19.1 Å². The van der Waals surface area contributed by atoms with Crippen LogP contribution in [0.5, 0.6) is 11.5 Å². The number of benzene rings is 2. The first-order valence-corrected chi connectivity index (χ1v) is 12.6. The summed E-state index contributed by atoms with van der Waals surface area (Å²) in [4.78, 5) is 16.4. The Morgan fingerprint density at radius 3 is 2.72 bits per heavy atom. The second-order valence-electron chi connectivity index (χ2n) is 8.54. The van der Waals surface area contributed by atoms with Gasteiger partial charge < -0.3 is 14.0 Å². The zero-order valence-electron chi connectivity index (χ0n) is 20.7. The van der Waals surface area contributed by atoms with Crippen molar-refractivity contribution >= 4 is 50.7 Å². The molecule has 12 heteroatoms. The fourth-order valence-corrected chi connectivity index (χ4v) is 4.97. The molecule has 1 aromatic heterocycles. The highest BCUT2D eigenvalue weighted by Gasteiger charge is 2.46. The summed E-state index contributed by atoms with van der Waals surface area (Å²) < 4.78 is 52.7. The Bertz CT molecular complexity index is 1590. The number of methoxy groups -OCH3 is 1. The van der Waals surface area contributed by atoms with E-state index in [1.807, 2.05) is 53.1 Å². The summed E-state index contributed by atoms with van der Waals surface area (Å²) in [5.74, 6) is -0.0578. The molecule has 2 aliphatic rings. The van der Waals surface area contributed by atoms with E-state index in [9.17, 15) is 18.0 Å². The number of allylic oxidation sites excluding steroid dienone is 1. The van der Waals surface area contributed by atoms with Crippen molar-refractivity contribution in [3.05, 3.63) is 78.0 Å². The van der Waals surface area contributed by atoms with Crippen molar-refractivity contribution in [2.24, 2.45) is 10.1 Å². The number of amides is 1. The van der Waals surface area contributed by atoms with Gasteiger partial charge in [0.15, 0.2) is 17.3 Å². The molecular weight excluding hydrogens is 531 g/mol. The molecule has 1 amide bonds. The van der Waals surface area contributed by atoms with Crippen LogP contribution in [0.25, 0.3) is 17.0 Å². The molecule has 2 aliphatic heterocycles. The van der Waals surface area contributed by atoms with Gasteiger partial charge in [0.2, 0.25) is 10.2 Å². The highest BCUT2D eigenvalue weighted by atomic mass is 32.2. The fourth-order valence-electron chi connectivity index (χ4n) is 4.22. The minimum Gasteiger partial charge on any atom is -0.493 e. The molecule has 3 heterocycles. The van der Waals surface area contributed by atoms with Crippen molar-refractivity contribution in [3.63, 3.8) is 0 Å². The summed E-state index contributed by atoms with van der Waals surface area (Å²) in [6.07, 6.45) is 1.07. The zero-order valence-corrected chi connectivity index (χ0v) is 21.5. The lowest BCUT2D eigenvalue weighted by molar-refractivity contribution is -0.114. The maximum absolute atomic E-state index is 13.1. The molecule has 0 radical (unpaired) electrons. The molecule has 0 spiro atoms. The fraction of sp³-hybridized carbons (Fsp3) is 0.185. The first-order valence-electron chi connectivity index (χ1n) is 11.8. The van der Waals surface area contributed by atoms with Crippen molar-refractivity contribution in [1.29, 1.82) is 5.41 Å². The number of carbonyl (C=O) groups is 1. The van der Waals surface area contributed by atoms with Gasteiger partial charge in [-0.25, -0.2) is 0 Å². The number of nitrogens with zero attached hydrogens (tertiary/aromatic N) is 4. The average molecular weight is 554 g/mol. The zero-order chi connectivity index (χ0) is 27.7. The molecule has 39 heavy (non-hydrogen) atoms. The van der Waals surface area contributed by atoms with Crippen molar-refractivity contribution in [1.82, 2.24) is 9.58 Å². The topological polar surface area (TPSA) is 92.3 Å². The monoisotopic (exact) mass is 553 g/mol. The van der Waals surface area contributed by atoms with Crippen LogP contribution in [-0.2, 0) is 17.8 Å². The van der Waals surface area contributed by atoms with Crippen LogP contribution >= 0.6 is 11.8 Å². The Morgan fingerprint density at radius 1 is 1.18 bits per heavy atom. The third-order valence-corrected chi connectivity index (χ3v) is 6.97. The Labute approximate surface area is 225 Å². The Balaban J connectivity index is 1.39. The van der Waals surface area contributed by atoms with Gasteiger partial charge in [0.05, 0.1) is 19.2 Å². The van der Waals surface area contributed by atoms with Crippen LogP contribution in [0.4, 0.5) is 13.2 Å². The second-order valence-corrected chi connectivity index (χ2v) is 9.50. The van der Waals surface area contributed by atoms with E-state index in [4.69, 9.17) is 14.9 Å². The second kappa shape index (κ2) is 10.4.